The molecule has 0 bridgehead atoms. The van der Waals surface area contributed by atoms with Crippen molar-refractivity contribution in [1.29, 1.82) is 0 Å². The topological polar surface area (TPSA) is 97.3 Å². The smallest absolute Gasteiger partial charge is 0.251 e. The van der Waals surface area contributed by atoms with Crippen LogP contribution in [0.3, 0.4) is 0 Å². The molecule has 1 aromatic rings. The first-order valence-corrected chi connectivity index (χ1v) is 6.98. The third-order valence-electron chi connectivity index (χ3n) is 3.04. The van der Waals surface area contributed by atoms with Gasteiger partial charge in [0.15, 0.2) is 6.29 Å². The van der Waals surface area contributed by atoms with Crippen molar-refractivity contribution in [3.05, 3.63) is 11.8 Å². The van der Waals surface area contributed by atoms with Crippen molar-refractivity contribution in [1.82, 2.24) is 20.4 Å². The van der Waals surface area contributed by atoms with Crippen LogP contribution in [0.25, 0.3) is 0 Å². The Kier molecular flexibility index (Phi) is 4.92. The van der Waals surface area contributed by atoms with Gasteiger partial charge in [0.2, 0.25) is 5.91 Å². The largest absolute Gasteiger partial charge is 0.372 e. The van der Waals surface area contributed by atoms with E-state index in [9.17, 15) is 9.59 Å². The van der Waals surface area contributed by atoms with Crippen molar-refractivity contribution in [2.75, 3.05) is 18.5 Å². The highest BCUT2D eigenvalue weighted by atomic mass is 16.5. The molecule has 1 aliphatic heterocycles. The first-order chi connectivity index (χ1) is 9.99. The molecule has 1 fully saturated rings. The first kappa shape index (κ1) is 15.5. The minimum absolute atomic E-state index is 0.0123. The molecule has 116 valence electrons. The Morgan fingerprint density at radius 3 is 3.05 bits per heavy atom. The number of nitrogens with one attached hydrogen (secondary N) is 3. The summed E-state index contributed by atoms with van der Waals surface area (Å²) in [7, 11) is 0. The number of aromatic nitrogens is 2. The van der Waals surface area contributed by atoms with Crippen LogP contribution in [-0.4, -0.2) is 40.9 Å². The fourth-order valence-corrected chi connectivity index (χ4v) is 2.17. The van der Waals surface area contributed by atoms with Crippen molar-refractivity contribution < 1.29 is 14.3 Å². The molecule has 1 saturated heterocycles. The Hall–Kier alpha value is -1.93. The number of anilines is 1. The van der Waals surface area contributed by atoms with Crippen molar-refractivity contribution >= 4 is 17.6 Å². The molecule has 2 heterocycles. The predicted octanol–water partition coefficient (Wildman–Crippen LogP) is 0.121. The molecule has 0 aliphatic carbocycles. The Morgan fingerprint density at radius 2 is 2.38 bits per heavy atom. The average molecular weight is 295 g/mol. The molecule has 2 rings (SSSR count). The second kappa shape index (κ2) is 6.68. The fourth-order valence-electron chi connectivity index (χ4n) is 2.17. The normalized spacial score (nSPS) is 22.0. The molecule has 0 aromatic carbocycles. The van der Waals surface area contributed by atoms with E-state index in [2.05, 4.69) is 21.0 Å². The minimum Gasteiger partial charge on any atom is -0.372 e. The number of hydrogen-bond acceptors (Lipinski definition) is 5. The lowest BCUT2D eigenvalue weighted by molar-refractivity contribution is -0.125. The van der Waals surface area contributed by atoms with Gasteiger partial charge in [0.1, 0.15) is 12.4 Å². The molecule has 2 amide bonds. The van der Waals surface area contributed by atoms with Crippen LogP contribution in [0, 0.1) is 6.92 Å². The third kappa shape index (κ3) is 4.02. The summed E-state index contributed by atoms with van der Waals surface area (Å²) in [5.74, 6) is 0.211. The number of rotatable bonds is 5. The second-order valence-corrected chi connectivity index (χ2v) is 5.04. The summed E-state index contributed by atoms with van der Waals surface area (Å²) < 4.78 is 6.63. The van der Waals surface area contributed by atoms with Gasteiger partial charge >= 0.3 is 0 Å². The van der Waals surface area contributed by atoms with Crippen LogP contribution >= 0.6 is 0 Å². The Balaban J connectivity index is 2.12. The standard InChI is InChI=1S/C13H21N5O3/c1-4-21-7-12(20)15-10-5-9(3)17-18(10)13-14-8(2)6-11(19)16-13/h5,8,13-14H,4,6-7H2,1-3H3,(H,15,20)(H,16,19). The summed E-state index contributed by atoms with van der Waals surface area (Å²) in [5.41, 5.74) is 0.746. The molecule has 2 atom stereocenters. The predicted molar refractivity (Wildman–Crippen MR) is 76.5 cm³/mol. The molecule has 0 radical (unpaired) electrons. The van der Waals surface area contributed by atoms with Crippen LogP contribution in [0.1, 0.15) is 32.3 Å². The van der Waals surface area contributed by atoms with Crippen LogP contribution in [0.15, 0.2) is 6.07 Å². The lowest BCUT2D eigenvalue weighted by Crippen LogP contribution is -2.52. The van der Waals surface area contributed by atoms with Crippen molar-refractivity contribution in [2.24, 2.45) is 0 Å². The zero-order valence-corrected chi connectivity index (χ0v) is 12.5. The number of carbonyl (C=O) groups excluding carboxylic acids is 2. The lowest BCUT2D eigenvalue weighted by Gasteiger charge is -2.30. The van der Waals surface area contributed by atoms with Gasteiger partial charge in [-0.15, -0.1) is 0 Å². The number of ether oxygens (including phenoxy) is 1. The molecule has 21 heavy (non-hydrogen) atoms. The maximum atomic E-state index is 11.8. The highest BCUT2D eigenvalue weighted by molar-refractivity contribution is 5.91. The minimum atomic E-state index is -0.475. The zero-order valence-electron chi connectivity index (χ0n) is 12.5. The number of aryl methyl sites for hydroxylation is 1. The van der Waals surface area contributed by atoms with Gasteiger partial charge in [-0.3, -0.25) is 14.9 Å². The average Bonchev–Trinajstić information content (AvgIpc) is 2.76. The van der Waals surface area contributed by atoms with Crippen molar-refractivity contribution in [3.8, 4) is 0 Å². The van der Waals surface area contributed by atoms with Gasteiger partial charge < -0.3 is 15.4 Å². The molecule has 3 N–H and O–H groups in total. The van der Waals surface area contributed by atoms with E-state index >= 15 is 0 Å². The van der Waals surface area contributed by atoms with Gasteiger partial charge in [0.05, 0.1) is 5.69 Å². The van der Waals surface area contributed by atoms with E-state index in [4.69, 9.17) is 4.74 Å². The second-order valence-electron chi connectivity index (χ2n) is 5.04. The highest BCUT2D eigenvalue weighted by Gasteiger charge is 2.26. The highest BCUT2D eigenvalue weighted by Crippen LogP contribution is 2.17. The van der Waals surface area contributed by atoms with Crippen LogP contribution in [-0.2, 0) is 14.3 Å². The van der Waals surface area contributed by atoms with Crippen molar-refractivity contribution in [3.63, 3.8) is 0 Å². The van der Waals surface area contributed by atoms with E-state index in [0.29, 0.717) is 18.8 Å². The number of nitrogens with zero attached hydrogens (tertiary/aromatic N) is 2. The molecule has 1 aliphatic rings. The van der Waals surface area contributed by atoms with Gasteiger partial charge in [0.25, 0.3) is 5.91 Å². The molecule has 0 saturated carbocycles. The van der Waals surface area contributed by atoms with E-state index < -0.39 is 6.29 Å². The maximum absolute atomic E-state index is 11.8. The first-order valence-electron chi connectivity index (χ1n) is 6.98. The number of carbonyl (C=O) groups is 2. The SMILES string of the molecule is CCOCC(=O)Nc1cc(C)nn1C1NC(=O)CC(C)N1. The van der Waals surface area contributed by atoms with E-state index in [0.717, 1.165) is 5.69 Å². The molecule has 0 spiro atoms. The summed E-state index contributed by atoms with van der Waals surface area (Å²) in [6, 6.07) is 1.79. The van der Waals surface area contributed by atoms with Gasteiger partial charge in [-0.2, -0.15) is 5.10 Å². The third-order valence-corrected chi connectivity index (χ3v) is 3.04. The number of amides is 2. The van der Waals surface area contributed by atoms with Crippen LogP contribution in [0.2, 0.25) is 0 Å². The Labute approximate surface area is 123 Å². The zero-order chi connectivity index (χ0) is 15.4. The molecular formula is C13H21N5O3. The summed E-state index contributed by atoms with van der Waals surface area (Å²) >= 11 is 0. The molecule has 8 nitrogen and oxygen atoms in total. The van der Waals surface area contributed by atoms with E-state index in [1.165, 1.54) is 0 Å². The molecule has 8 heteroatoms. The van der Waals surface area contributed by atoms with Gasteiger partial charge in [0, 0.05) is 25.1 Å². The summed E-state index contributed by atoms with van der Waals surface area (Å²) in [6.45, 7) is 6.04. The monoisotopic (exact) mass is 295 g/mol. The molecular weight excluding hydrogens is 274 g/mol. The Morgan fingerprint density at radius 1 is 1.62 bits per heavy atom. The lowest BCUT2D eigenvalue weighted by atomic mass is 10.2. The molecule has 1 aromatic heterocycles. The van der Waals surface area contributed by atoms with E-state index in [1.807, 2.05) is 20.8 Å². The van der Waals surface area contributed by atoms with Crippen LogP contribution in [0.5, 0.6) is 0 Å². The summed E-state index contributed by atoms with van der Waals surface area (Å²) in [4.78, 5) is 23.4. The van der Waals surface area contributed by atoms with Crippen LogP contribution in [0.4, 0.5) is 5.82 Å². The van der Waals surface area contributed by atoms with Gasteiger partial charge in [-0.1, -0.05) is 0 Å². The van der Waals surface area contributed by atoms with Crippen molar-refractivity contribution in [2.45, 2.75) is 39.5 Å². The molecule has 2 unspecified atom stereocenters. The summed E-state index contributed by atoms with van der Waals surface area (Å²) in [5, 5.41) is 13.1. The fraction of sp³-hybridized carbons (Fsp3) is 0.615. The van der Waals surface area contributed by atoms with E-state index in [-0.39, 0.29) is 24.5 Å². The van der Waals surface area contributed by atoms with Gasteiger partial charge in [-0.05, 0) is 20.8 Å². The quantitative estimate of drug-likeness (QED) is 0.717. The summed E-state index contributed by atoms with van der Waals surface area (Å²) in [6.07, 6.45) is -0.0553. The van der Waals surface area contributed by atoms with Crippen LogP contribution < -0.4 is 16.0 Å². The van der Waals surface area contributed by atoms with Gasteiger partial charge in [-0.25, -0.2) is 4.68 Å². The number of hydrogen-bond donors (Lipinski definition) is 3. The van der Waals surface area contributed by atoms with E-state index in [1.54, 1.807) is 10.7 Å². The Bertz CT molecular complexity index is 528. The maximum Gasteiger partial charge on any atom is 0.251 e.